The van der Waals surface area contributed by atoms with E-state index in [9.17, 15) is 9.59 Å². The molecule has 0 saturated carbocycles. The molecule has 0 spiro atoms. The molecule has 0 radical (unpaired) electrons. The maximum absolute atomic E-state index is 12.6. The van der Waals surface area contributed by atoms with Crippen LogP contribution in [0.1, 0.15) is 29.6 Å². The Bertz CT molecular complexity index is 643. The number of carbonyl (C=O) groups excluding carboxylic acids is 2. The zero-order valence-corrected chi connectivity index (χ0v) is 14.9. The van der Waals surface area contributed by atoms with E-state index >= 15 is 0 Å². The number of hydrogen-bond acceptors (Lipinski definition) is 4. The minimum absolute atomic E-state index is 0.144. The third-order valence-corrected chi connectivity index (χ3v) is 5.04. The summed E-state index contributed by atoms with van der Waals surface area (Å²) in [5, 5.41) is 5.48. The molecule has 2 aliphatic heterocycles. The number of nitrogens with one attached hydrogen (secondary N) is 2. The van der Waals surface area contributed by atoms with Gasteiger partial charge in [0.1, 0.15) is 5.75 Å². The van der Waals surface area contributed by atoms with Crippen LogP contribution in [0.15, 0.2) is 18.2 Å². The Kier molecular flexibility index (Phi) is 5.43. The Balaban J connectivity index is 1.67. The van der Waals surface area contributed by atoms with Gasteiger partial charge in [0.2, 0.25) is 0 Å². The number of benzene rings is 1. The highest BCUT2D eigenvalue weighted by Crippen LogP contribution is 2.27. The standard InChI is InChI=1S/C18H26N4O3/c1-19-17(23)13-5-6-16(25-2)15(11-13)20-18(24)22-10-7-14(12-22)21-8-3-4-9-21/h5-6,11,14H,3-4,7-10,12H2,1-2H3,(H,19,23)(H,20,24). The largest absolute Gasteiger partial charge is 0.495 e. The lowest BCUT2D eigenvalue weighted by Crippen LogP contribution is -2.38. The van der Waals surface area contributed by atoms with Crippen LogP contribution in [-0.2, 0) is 0 Å². The molecule has 1 unspecified atom stereocenters. The molecular formula is C18H26N4O3. The molecule has 1 aromatic rings. The molecule has 2 aliphatic rings. The molecule has 0 aromatic heterocycles. The second-order valence-electron chi connectivity index (χ2n) is 6.56. The van der Waals surface area contributed by atoms with Crippen LogP contribution >= 0.6 is 0 Å². The summed E-state index contributed by atoms with van der Waals surface area (Å²) in [6, 6.07) is 5.33. The van der Waals surface area contributed by atoms with Gasteiger partial charge in [0.15, 0.2) is 0 Å². The van der Waals surface area contributed by atoms with Gasteiger partial charge in [-0.25, -0.2) is 4.79 Å². The molecule has 1 aromatic carbocycles. The van der Waals surface area contributed by atoms with Crippen molar-refractivity contribution in [2.24, 2.45) is 0 Å². The zero-order valence-electron chi connectivity index (χ0n) is 14.9. The molecule has 0 bridgehead atoms. The zero-order chi connectivity index (χ0) is 17.8. The highest BCUT2D eigenvalue weighted by atomic mass is 16.5. The van der Waals surface area contributed by atoms with Crippen LogP contribution < -0.4 is 15.4 Å². The molecule has 0 aliphatic carbocycles. The lowest BCUT2D eigenvalue weighted by atomic mass is 10.1. The number of nitrogens with zero attached hydrogens (tertiary/aromatic N) is 2. The maximum Gasteiger partial charge on any atom is 0.322 e. The molecule has 2 heterocycles. The summed E-state index contributed by atoms with van der Waals surface area (Å²) < 4.78 is 5.31. The average molecular weight is 346 g/mol. The van der Waals surface area contributed by atoms with Crippen LogP contribution in [0.25, 0.3) is 0 Å². The first-order valence-electron chi connectivity index (χ1n) is 8.82. The average Bonchev–Trinajstić information content (AvgIpc) is 3.32. The second-order valence-corrected chi connectivity index (χ2v) is 6.56. The lowest BCUT2D eigenvalue weighted by molar-refractivity contribution is 0.0963. The van der Waals surface area contributed by atoms with Gasteiger partial charge in [0.25, 0.3) is 5.91 Å². The van der Waals surface area contributed by atoms with E-state index in [1.165, 1.54) is 12.8 Å². The van der Waals surface area contributed by atoms with E-state index in [-0.39, 0.29) is 11.9 Å². The monoisotopic (exact) mass is 346 g/mol. The minimum atomic E-state index is -0.201. The van der Waals surface area contributed by atoms with Crippen molar-refractivity contribution < 1.29 is 14.3 Å². The number of ether oxygens (including phenoxy) is 1. The van der Waals surface area contributed by atoms with Crippen LogP contribution in [0.2, 0.25) is 0 Å². The Morgan fingerprint density at radius 2 is 1.96 bits per heavy atom. The fraction of sp³-hybridized carbons (Fsp3) is 0.556. The number of hydrogen-bond donors (Lipinski definition) is 2. The van der Waals surface area contributed by atoms with Gasteiger partial charge in [-0.05, 0) is 50.6 Å². The van der Waals surface area contributed by atoms with E-state index in [1.807, 2.05) is 4.90 Å². The predicted molar refractivity (Wildman–Crippen MR) is 96.2 cm³/mol. The number of methoxy groups -OCH3 is 1. The van der Waals surface area contributed by atoms with Crippen molar-refractivity contribution >= 4 is 17.6 Å². The predicted octanol–water partition coefficient (Wildman–Crippen LogP) is 1.76. The minimum Gasteiger partial charge on any atom is -0.495 e. The summed E-state index contributed by atoms with van der Waals surface area (Å²) in [7, 11) is 3.12. The first-order valence-corrected chi connectivity index (χ1v) is 8.82. The number of amides is 3. The molecule has 25 heavy (non-hydrogen) atoms. The molecule has 2 fully saturated rings. The van der Waals surface area contributed by atoms with E-state index in [0.717, 1.165) is 32.6 Å². The van der Waals surface area contributed by atoms with Crippen LogP contribution in [-0.4, -0.2) is 68.1 Å². The molecule has 2 N–H and O–H groups in total. The van der Waals surface area contributed by atoms with E-state index in [1.54, 1.807) is 32.4 Å². The SMILES string of the molecule is CNC(=O)c1ccc(OC)c(NC(=O)N2CCC(N3CCCC3)C2)c1. The summed E-state index contributed by atoms with van der Waals surface area (Å²) in [6.07, 6.45) is 3.53. The van der Waals surface area contributed by atoms with Crippen molar-refractivity contribution in [2.75, 3.05) is 45.7 Å². The summed E-state index contributed by atoms with van der Waals surface area (Å²) in [4.78, 5) is 28.8. The quantitative estimate of drug-likeness (QED) is 0.871. The lowest BCUT2D eigenvalue weighted by Gasteiger charge is -2.24. The van der Waals surface area contributed by atoms with E-state index in [4.69, 9.17) is 4.74 Å². The third kappa shape index (κ3) is 3.87. The Hall–Kier alpha value is -2.28. The molecule has 7 heteroatoms. The fourth-order valence-corrected chi connectivity index (χ4v) is 3.62. The topological polar surface area (TPSA) is 73.9 Å². The number of anilines is 1. The Morgan fingerprint density at radius 3 is 2.64 bits per heavy atom. The number of likely N-dealkylation sites (tertiary alicyclic amines) is 2. The van der Waals surface area contributed by atoms with Crippen molar-refractivity contribution in [1.29, 1.82) is 0 Å². The number of urea groups is 1. The molecule has 3 amide bonds. The van der Waals surface area contributed by atoms with Gasteiger partial charge in [0.05, 0.1) is 12.8 Å². The smallest absolute Gasteiger partial charge is 0.322 e. The van der Waals surface area contributed by atoms with Gasteiger partial charge >= 0.3 is 6.03 Å². The molecule has 3 rings (SSSR count). The van der Waals surface area contributed by atoms with Gasteiger partial charge in [-0.2, -0.15) is 0 Å². The van der Waals surface area contributed by atoms with Gasteiger partial charge in [-0.15, -0.1) is 0 Å². The number of carbonyl (C=O) groups is 2. The van der Waals surface area contributed by atoms with Gasteiger partial charge in [-0.3, -0.25) is 9.69 Å². The highest BCUT2D eigenvalue weighted by molar-refractivity contribution is 5.98. The summed E-state index contributed by atoms with van der Waals surface area (Å²) >= 11 is 0. The van der Waals surface area contributed by atoms with Crippen LogP contribution in [0, 0.1) is 0 Å². The summed E-state index contributed by atoms with van der Waals surface area (Å²) in [5.74, 6) is 0.338. The first-order chi connectivity index (χ1) is 12.1. The van der Waals surface area contributed by atoms with Crippen LogP contribution in [0.5, 0.6) is 5.75 Å². The van der Waals surface area contributed by atoms with Gasteiger partial charge < -0.3 is 20.3 Å². The molecular weight excluding hydrogens is 320 g/mol. The van der Waals surface area contributed by atoms with Crippen molar-refractivity contribution in [1.82, 2.24) is 15.1 Å². The van der Waals surface area contributed by atoms with Gasteiger partial charge in [-0.1, -0.05) is 0 Å². The van der Waals surface area contributed by atoms with E-state index in [2.05, 4.69) is 15.5 Å². The van der Waals surface area contributed by atoms with E-state index in [0.29, 0.717) is 23.0 Å². The van der Waals surface area contributed by atoms with Crippen LogP contribution in [0.3, 0.4) is 0 Å². The van der Waals surface area contributed by atoms with Crippen molar-refractivity contribution in [3.05, 3.63) is 23.8 Å². The molecule has 7 nitrogen and oxygen atoms in total. The first kappa shape index (κ1) is 17.5. The normalized spacial score (nSPS) is 20.6. The summed E-state index contributed by atoms with van der Waals surface area (Å²) in [6.45, 7) is 3.79. The van der Waals surface area contributed by atoms with Crippen molar-refractivity contribution in [3.8, 4) is 5.75 Å². The van der Waals surface area contributed by atoms with Gasteiger partial charge in [0, 0.05) is 31.7 Å². The maximum atomic E-state index is 12.6. The van der Waals surface area contributed by atoms with E-state index < -0.39 is 0 Å². The highest BCUT2D eigenvalue weighted by Gasteiger charge is 2.31. The molecule has 136 valence electrons. The Labute approximate surface area is 148 Å². The Morgan fingerprint density at radius 1 is 1.20 bits per heavy atom. The second kappa shape index (κ2) is 7.74. The van der Waals surface area contributed by atoms with Crippen LogP contribution in [0.4, 0.5) is 10.5 Å². The molecule has 1 atom stereocenters. The molecule has 2 saturated heterocycles. The van der Waals surface area contributed by atoms with Crippen molar-refractivity contribution in [2.45, 2.75) is 25.3 Å². The fourth-order valence-electron chi connectivity index (χ4n) is 3.62. The summed E-state index contributed by atoms with van der Waals surface area (Å²) in [5.41, 5.74) is 0.994. The number of rotatable bonds is 4. The third-order valence-electron chi connectivity index (χ3n) is 5.04. The van der Waals surface area contributed by atoms with Crippen molar-refractivity contribution in [3.63, 3.8) is 0 Å².